The lowest BCUT2D eigenvalue weighted by molar-refractivity contribution is 0.146. The lowest BCUT2D eigenvalue weighted by Gasteiger charge is -2.12. The fraction of sp³-hybridized carbons (Fsp3) is 0.250. The molecule has 0 aromatic heterocycles. The van der Waals surface area contributed by atoms with E-state index >= 15 is 0 Å². The molecule has 0 unspecified atom stereocenters. The number of benzene rings is 1. The van der Waals surface area contributed by atoms with Crippen molar-refractivity contribution < 1.29 is 9.53 Å². The van der Waals surface area contributed by atoms with Crippen LogP contribution in [0.25, 0.3) is 0 Å². The number of carbonyl (C=O) groups excluding carboxylic acids is 1. The van der Waals surface area contributed by atoms with Crippen LogP contribution < -0.4 is 5.32 Å². The van der Waals surface area contributed by atoms with E-state index in [-0.39, 0.29) is 18.2 Å². The van der Waals surface area contributed by atoms with Gasteiger partial charge in [-0.15, -0.1) is 18.3 Å². The summed E-state index contributed by atoms with van der Waals surface area (Å²) in [5.74, 6) is 0.736. The van der Waals surface area contributed by atoms with Gasteiger partial charge in [0.1, 0.15) is 6.10 Å². The first-order chi connectivity index (χ1) is 7.79. The fourth-order valence-electron chi connectivity index (χ4n) is 1.52. The van der Waals surface area contributed by atoms with Crippen LogP contribution in [0.15, 0.2) is 47.9 Å². The Bertz CT molecular complexity index is 380. The monoisotopic (exact) mass is 235 g/mol. The fourth-order valence-corrected chi connectivity index (χ4v) is 2.50. The molecule has 84 valence electrons. The van der Waals surface area contributed by atoms with Crippen LogP contribution in [0, 0.1) is 0 Å². The van der Waals surface area contributed by atoms with E-state index in [2.05, 4.69) is 11.9 Å². The number of cyclic esters (lactones) is 1. The molecule has 1 heterocycles. The first-order valence-corrected chi connectivity index (χ1v) is 6.05. The Morgan fingerprint density at radius 3 is 2.88 bits per heavy atom. The van der Waals surface area contributed by atoms with Crippen LogP contribution in [0.5, 0.6) is 0 Å². The van der Waals surface area contributed by atoms with Crippen LogP contribution in [-0.4, -0.2) is 24.0 Å². The van der Waals surface area contributed by atoms with Crippen molar-refractivity contribution in [2.24, 2.45) is 0 Å². The second-order valence-electron chi connectivity index (χ2n) is 3.47. The van der Waals surface area contributed by atoms with E-state index in [0.29, 0.717) is 0 Å². The molecule has 1 N–H and O–H groups in total. The molecule has 1 aromatic rings. The van der Waals surface area contributed by atoms with Crippen LogP contribution in [0.4, 0.5) is 4.79 Å². The summed E-state index contributed by atoms with van der Waals surface area (Å²) in [6.07, 6.45) is 1.22. The number of ether oxygens (including phenoxy) is 1. The van der Waals surface area contributed by atoms with Crippen molar-refractivity contribution in [1.82, 2.24) is 5.32 Å². The highest BCUT2D eigenvalue weighted by Crippen LogP contribution is 2.22. The average Bonchev–Trinajstić information content (AvgIpc) is 2.68. The van der Waals surface area contributed by atoms with E-state index in [1.807, 2.05) is 30.3 Å². The molecular formula is C12H13NO2S. The third kappa shape index (κ3) is 2.58. The van der Waals surface area contributed by atoms with Crippen molar-refractivity contribution in [2.75, 3.05) is 5.75 Å². The summed E-state index contributed by atoms with van der Waals surface area (Å²) in [6.45, 7) is 3.68. The zero-order valence-electron chi connectivity index (χ0n) is 8.76. The van der Waals surface area contributed by atoms with Crippen LogP contribution in [-0.2, 0) is 4.74 Å². The van der Waals surface area contributed by atoms with Gasteiger partial charge in [0.15, 0.2) is 0 Å². The van der Waals surface area contributed by atoms with E-state index in [9.17, 15) is 4.79 Å². The van der Waals surface area contributed by atoms with Crippen molar-refractivity contribution in [3.05, 3.63) is 43.0 Å². The van der Waals surface area contributed by atoms with E-state index in [0.717, 1.165) is 5.75 Å². The predicted octanol–water partition coefficient (Wildman–Crippen LogP) is 2.44. The third-order valence-electron chi connectivity index (χ3n) is 2.35. The number of thioether (sulfide) groups is 1. The highest BCUT2D eigenvalue weighted by Gasteiger charge is 2.31. The van der Waals surface area contributed by atoms with Gasteiger partial charge in [0, 0.05) is 10.6 Å². The van der Waals surface area contributed by atoms with Crippen LogP contribution >= 0.6 is 11.8 Å². The molecule has 16 heavy (non-hydrogen) atoms. The Balaban J connectivity index is 1.90. The zero-order chi connectivity index (χ0) is 11.4. The maximum atomic E-state index is 11.0. The van der Waals surface area contributed by atoms with Crippen LogP contribution in [0.3, 0.4) is 0 Å². The van der Waals surface area contributed by atoms with Gasteiger partial charge in [0.05, 0.1) is 6.04 Å². The molecular weight excluding hydrogens is 222 g/mol. The molecule has 1 aromatic carbocycles. The molecule has 0 bridgehead atoms. The molecule has 3 nitrogen and oxygen atoms in total. The lowest BCUT2D eigenvalue weighted by Crippen LogP contribution is -2.30. The number of amides is 1. The minimum absolute atomic E-state index is 0.0799. The molecule has 4 heteroatoms. The van der Waals surface area contributed by atoms with Crippen molar-refractivity contribution in [1.29, 1.82) is 0 Å². The molecule has 1 fully saturated rings. The Morgan fingerprint density at radius 1 is 1.44 bits per heavy atom. The number of hydrogen-bond acceptors (Lipinski definition) is 3. The second kappa shape index (κ2) is 5.07. The summed E-state index contributed by atoms with van der Waals surface area (Å²) < 4.78 is 5.14. The number of rotatable bonds is 4. The zero-order valence-corrected chi connectivity index (χ0v) is 9.57. The quantitative estimate of drug-likeness (QED) is 0.643. The third-order valence-corrected chi connectivity index (χ3v) is 3.46. The summed E-state index contributed by atoms with van der Waals surface area (Å²) >= 11 is 1.67. The Hall–Kier alpha value is -1.42. The average molecular weight is 235 g/mol. The molecule has 2 rings (SSSR count). The van der Waals surface area contributed by atoms with Gasteiger partial charge in [-0.05, 0) is 12.1 Å². The predicted molar refractivity (Wildman–Crippen MR) is 64.6 cm³/mol. The molecule has 1 amide bonds. The van der Waals surface area contributed by atoms with Crippen molar-refractivity contribution in [3.63, 3.8) is 0 Å². The highest BCUT2D eigenvalue weighted by molar-refractivity contribution is 7.99. The molecule has 0 spiro atoms. The summed E-state index contributed by atoms with van der Waals surface area (Å²) in [5, 5.41) is 2.70. The number of nitrogens with one attached hydrogen (secondary N) is 1. The van der Waals surface area contributed by atoms with Crippen LogP contribution in [0.1, 0.15) is 0 Å². The number of alkyl carbamates (subject to hydrolysis) is 1. The summed E-state index contributed by atoms with van der Waals surface area (Å²) in [4.78, 5) is 12.2. The van der Waals surface area contributed by atoms with Gasteiger partial charge in [0.25, 0.3) is 0 Å². The van der Waals surface area contributed by atoms with E-state index in [4.69, 9.17) is 4.74 Å². The Labute approximate surface area is 98.9 Å². The van der Waals surface area contributed by atoms with Crippen molar-refractivity contribution in [3.8, 4) is 0 Å². The molecule has 1 saturated heterocycles. The van der Waals surface area contributed by atoms with Gasteiger partial charge in [0.2, 0.25) is 0 Å². The van der Waals surface area contributed by atoms with E-state index < -0.39 is 0 Å². The number of carbonyl (C=O) groups is 1. The van der Waals surface area contributed by atoms with Crippen LogP contribution in [0.2, 0.25) is 0 Å². The number of hydrogen-bond donors (Lipinski definition) is 1. The maximum Gasteiger partial charge on any atom is 0.408 e. The molecule has 1 aliphatic rings. The van der Waals surface area contributed by atoms with Gasteiger partial charge in [-0.1, -0.05) is 24.3 Å². The summed E-state index contributed by atoms with van der Waals surface area (Å²) in [5.41, 5.74) is 0. The standard InChI is InChI=1S/C12H13NO2S/c1-2-10-11(15-12(14)13-10)8-16-9-6-4-3-5-7-9/h2-7,10-11H,1,8H2,(H,13,14)/t10-,11-/m1/s1. The normalized spacial score (nSPS) is 23.6. The van der Waals surface area contributed by atoms with Crippen molar-refractivity contribution >= 4 is 17.9 Å². The van der Waals surface area contributed by atoms with Gasteiger partial charge >= 0.3 is 6.09 Å². The molecule has 2 atom stereocenters. The first-order valence-electron chi connectivity index (χ1n) is 5.07. The minimum atomic E-state index is -0.358. The Kier molecular flexibility index (Phi) is 3.51. The first kappa shape index (κ1) is 11.1. The van der Waals surface area contributed by atoms with Gasteiger partial charge in [-0.2, -0.15) is 0 Å². The molecule has 0 radical (unpaired) electrons. The minimum Gasteiger partial charge on any atom is -0.443 e. The van der Waals surface area contributed by atoms with Gasteiger partial charge in [-0.25, -0.2) is 4.79 Å². The van der Waals surface area contributed by atoms with Gasteiger partial charge in [-0.3, -0.25) is 0 Å². The van der Waals surface area contributed by atoms with E-state index in [1.54, 1.807) is 17.8 Å². The highest BCUT2D eigenvalue weighted by atomic mass is 32.2. The topological polar surface area (TPSA) is 38.3 Å². The summed E-state index contributed by atoms with van der Waals surface area (Å²) in [7, 11) is 0. The molecule has 0 saturated carbocycles. The maximum absolute atomic E-state index is 11.0. The van der Waals surface area contributed by atoms with Crippen molar-refractivity contribution in [2.45, 2.75) is 17.0 Å². The largest absolute Gasteiger partial charge is 0.443 e. The molecule has 1 aliphatic heterocycles. The van der Waals surface area contributed by atoms with E-state index in [1.165, 1.54) is 4.90 Å². The van der Waals surface area contributed by atoms with Gasteiger partial charge < -0.3 is 10.1 Å². The smallest absolute Gasteiger partial charge is 0.408 e. The second-order valence-corrected chi connectivity index (χ2v) is 4.57. The Morgan fingerprint density at radius 2 is 2.19 bits per heavy atom. The SMILES string of the molecule is C=C[C@H]1NC(=O)O[C@@H]1CSc1ccccc1. The lowest BCUT2D eigenvalue weighted by atomic mass is 10.2. The molecule has 0 aliphatic carbocycles. The summed E-state index contributed by atoms with van der Waals surface area (Å²) in [6, 6.07) is 9.96.